The molecular formula is C13H13N3O4. The van der Waals surface area contributed by atoms with Gasteiger partial charge in [-0.1, -0.05) is 0 Å². The van der Waals surface area contributed by atoms with Crippen LogP contribution in [0, 0.1) is 10.1 Å². The monoisotopic (exact) mass is 275 g/mol. The summed E-state index contributed by atoms with van der Waals surface area (Å²) in [4.78, 5) is 38.1. The highest BCUT2D eigenvalue weighted by atomic mass is 16.6. The van der Waals surface area contributed by atoms with Gasteiger partial charge in [-0.05, 0) is 18.9 Å². The Morgan fingerprint density at radius 3 is 2.80 bits per heavy atom. The van der Waals surface area contributed by atoms with Crippen LogP contribution in [0.15, 0.2) is 18.2 Å². The van der Waals surface area contributed by atoms with Gasteiger partial charge in [0.25, 0.3) is 11.6 Å². The van der Waals surface area contributed by atoms with E-state index in [1.165, 1.54) is 28.0 Å². The van der Waals surface area contributed by atoms with Crippen LogP contribution >= 0.6 is 0 Å². The number of nitro groups is 1. The van der Waals surface area contributed by atoms with Crippen molar-refractivity contribution >= 4 is 23.2 Å². The van der Waals surface area contributed by atoms with Gasteiger partial charge in [0.2, 0.25) is 5.91 Å². The molecule has 0 saturated carbocycles. The van der Waals surface area contributed by atoms with Crippen molar-refractivity contribution in [3.05, 3.63) is 33.9 Å². The van der Waals surface area contributed by atoms with E-state index in [-0.39, 0.29) is 23.1 Å². The molecular weight excluding hydrogens is 262 g/mol. The van der Waals surface area contributed by atoms with Crippen molar-refractivity contribution in [2.45, 2.75) is 18.9 Å². The molecule has 0 radical (unpaired) electrons. The molecule has 0 bridgehead atoms. The highest BCUT2D eigenvalue weighted by Gasteiger charge is 2.41. The number of fused-ring (bicyclic) bond motifs is 2. The van der Waals surface area contributed by atoms with Gasteiger partial charge in [0, 0.05) is 25.7 Å². The Balaban J connectivity index is 2.17. The number of hydrogen-bond donors (Lipinski definition) is 0. The third kappa shape index (κ3) is 1.66. The van der Waals surface area contributed by atoms with Crippen LogP contribution in [-0.2, 0) is 4.79 Å². The first kappa shape index (κ1) is 12.6. The van der Waals surface area contributed by atoms with Crippen LogP contribution in [0.4, 0.5) is 11.4 Å². The van der Waals surface area contributed by atoms with Crippen molar-refractivity contribution < 1.29 is 14.5 Å². The number of hydrogen-bond acceptors (Lipinski definition) is 4. The third-order valence-corrected chi connectivity index (χ3v) is 3.91. The Kier molecular flexibility index (Phi) is 2.70. The lowest BCUT2D eigenvalue weighted by Crippen LogP contribution is -2.43. The summed E-state index contributed by atoms with van der Waals surface area (Å²) in [5.74, 6) is -0.438. The fourth-order valence-electron chi connectivity index (χ4n) is 2.86. The number of rotatable bonds is 1. The normalized spacial score (nSPS) is 21.6. The Bertz CT molecular complexity index is 628. The summed E-state index contributed by atoms with van der Waals surface area (Å²) in [5.41, 5.74) is 0.509. The van der Waals surface area contributed by atoms with Gasteiger partial charge < -0.3 is 9.80 Å². The minimum atomic E-state index is -0.540. The molecule has 20 heavy (non-hydrogen) atoms. The standard InChI is InChI=1S/C13H13N3O4/c1-14-10-5-4-8(16(19)20)7-9(10)12(17)15-6-2-3-11(15)13(14)18/h4-5,7,11H,2-3,6H2,1H3/t11-/m0/s1. The van der Waals surface area contributed by atoms with Crippen molar-refractivity contribution in [3.63, 3.8) is 0 Å². The maximum atomic E-state index is 12.5. The van der Waals surface area contributed by atoms with E-state index in [0.29, 0.717) is 18.7 Å². The summed E-state index contributed by atoms with van der Waals surface area (Å²) < 4.78 is 0. The third-order valence-electron chi connectivity index (χ3n) is 3.91. The fourth-order valence-corrected chi connectivity index (χ4v) is 2.86. The van der Waals surface area contributed by atoms with Gasteiger partial charge >= 0.3 is 0 Å². The largest absolute Gasteiger partial charge is 0.327 e. The number of non-ortho nitro benzene ring substituents is 1. The summed E-state index contributed by atoms with van der Waals surface area (Å²) in [6, 6.07) is 3.58. The molecule has 104 valence electrons. The lowest BCUT2D eigenvalue weighted by molar-refractivity contribution is -0.384. The highest BCUT2D eigenvalue weighted by molar-refractivity contribution is 6.11. The smallest absolute Gasteiger partial charge is 0.270 e. The second-order valence-electron chi connectivity index (χ2n) is 5.01. The topological polar surface area (TPSA) is 83.8 Å². The number of amides is 2. The minimum Gasteiger partial charge on any atom is -0.327 e. The summed E-state index contributed by atoms with van der Waals surface area (Å²) >= 11 is 0. The van der Waals surface area contributed by atoms with Crippen LogP contribution in [0.2, 0.25) is 0 Å². The molecule has 0 aliphatic carbocycles. The molecule has 7 heteroatoms. The van der Waals surface area contributed by atoms with Crippen LogP contribution in [0.1, 0.15) is 23.2 Å². The van der Waals surface area contributed by atoms with E-state index < -0.39 is 11.0 Å². The molecule has 2 heterocycles. The molecule has 2 aliphatic rings. The quantitative estimate of drug-likeness (QED) is 0.569. The molecule has 7 nitrogen and oxygen atoms in total. The van der Waals surface area contributed by atoms with Crippen LogP contribution in [0.5, 0.6) is 0 Å². The van der Waals surface area contributed by atoms with E-state index in [1.54, 1.807) is 7.05 Å². The SMILES string of the molecule is CN1C(=O)[C@@H]2CCCN2C(=O)c2cc([N+](=O)[O-])ccc21. The molecule has 0 unspecified atom stereocenters. The van der Waals surface area contributed by atoms with Crippen molar-refractivity contribution in [3.8, 4) is 0 Å². The molecule has 1 aromatic carbocycles. The second kappa shape index (κ2) is 4.29. The zero-order valence-corrected chi connectivity index (χ0v) is 10.9. The first-order valence-electron chi connectivity index (χ1n) is 6.37. The maximum absolute atomic E-state index is 12.5. The summed E-state index contributed by atoms with van der Waals surface area (Å²) in [5, 5.41) is 10.9. The van der Waals surface area contributed by atoms with Gasteiger partial charge in [-0.3, -0.25) is 19.7 Å². The Labute approximate surface area is 114 Å². The van der Waals surface area contributed by atoms with Gasteiger partial charge in [-0.2, -0.15) is 0 Å². The molecule has 2 amide bonds. The molecule has 1 saturated heterocycles. The number of carbonyl (C=O) groups is 2. The number of nitrogens with zero attached hydrogens (tertiary/aromatic N) is 3. The number of nitro benzene ring substituents is 1. The first-order valence-corrected chi connectivity index (χ1v) is 6.37. The predicted octanol–water partition coefficient (Wildman–Crippen LogP) is 1.18. The molecule has 0 spiro atoms. The van der Waals surface area contributed by atoms with Crippen LogP contribution < -0.4 is 4.90 Å². The van der Waals surface area contributed by atoms with Gasteiger partial charge in [0.05, 0.1) is 16.2 Å². The summed E-state index contributed by atoms with van der Waals surface area (Å²) in [7, 11) is 1.60. The Morgan fingerprint density at radius 2 is 2.10 bits per heavy atom. The van der Waals surface area contributed by atoms with E-state index in [2.05, 4.69) is 0 Å². The lowest BCUT2D eigenvalue weighted by atomic mass is 10.1. The van der Waals surface area contributed by atoms with Gasteiger partial charge in [0.1, 0.15) is 6.04 Å². The van der Waals surface area contributed by atoms with Gasteiger partial charge in [-0.25, -0.2) is 0 Å². The summed E-state index contributed by atoms with van der Waals surface area (Å²) in [6.07, 6.45) is 1.42. The number of likely N-dealkylation sites (N-methyl/N-ethyl adjacent to an activating group) is 1. The number of anilines is 1. The van der Waals surface area contributed by atoms with Gasteiger partial charge in [-0.15, -0.1) is 0 Å². The predicted molar refractivity (Wildman–Crippen MR) is 70.6 cm³/mol. The minimum absolute atomic E-state index is 0.136. The van der Waals surface area contributed by atoms with E-state index in [0.717, 1.165) is 6.42 Å². The summed E-state index contributed by atoms with van der Waals surface area (Å²) in [6.45, 7) is 0.519. The first-order chi connectivity index (χ1) is 9.50. The molecule has 1 fully saturated rings. The van der Waals surface area contributed by atoms with E-state index >= 15 is 0 Å². The highest BCUT2D eigenvalue weighted by Crippen LogP contribution is 2.33. The Hall–Kier alpha value is -2.44. The molecule has 2 aliphatic heterocycles. The number of carbonyl (C=O) groups excluding carboxylic acids is 2. The average Bonchev–Trinajstić information content (AvgIpc) is 2.91. The number of benzene rings is 1. The van der Waals surface area contributed by atoms with Crippen LogP contribution in [-0.4, -0.2) is 41.3 Å². The van der Waals surface area contributed by atoms with Crippen LogP contribution in [0.3, 0.4) is 0 Å². The van der Waals surface area contributed by atoms with Crippen molar-refractivity contribution in [1.29, 1.82) is 0 Å². The molecule has 0 aromatic heterocycles. The molecule has 1 aromatic rings. The lowest BCUT2D eigenvalue weighted by Gasteiger charge is -2.22. The van der Waals surface area contributed by atoms with Crippen LogP contribution in [0.25, 0.3) is 0 Å². The maximum Gasteiger partial charge on any atom is 0.270 e. The van der Waals surface area contributed by atoms with E-state index in [1.807, 2.05) is 0 Å². The molecule has 0 N–H and O–H groups in total. The van der Waals surface area contributed by atoms with Gasteiger partial charge in [0.15, 0.2) is 0 Å². The van der Waals surface area contributed by atoms with Crippen molar-refractivity contribution in [2.24, 2.45) is 0 Å². The van der Waals surface area contributed by atoms with Crippen molar-refractivity contribution in [2.75, 3.05) is 18.5 Å². The zero-order chi connectivity index (χ0) is 14.4. The fraction of sp³-hybridized carbons (Fsp3) is 0.385. The van der Waals surface area contributed by atoms with Crippen molar-refractivity contribution in [1.82, 2.24) is 4.90 Å². The average molecular weight is 275 g/mol. The van der Waals surface area contributed by atoms with E-state index in [4.69, 9.17) is 0 Å². The zero-order valence-electron chi connectivity index (χ0n) is 10.9. The second-order valence-corrected chi connectivity index (χ2v) is 5.01. The molecule has 1 atom stereocenters. The molecule has 3 rings (SSSR count). The Morgan fingerprint density at radius 1 is 1.35 bits per heavy atom. The van der Waals surface area contributed by atoms with E-state index in [9.17, 15) is 19.7 Å².